The Bertz CT molecular complexity index is 130. The van der Waals surface area contributed by atoms with E-state index in [9.17, 15) is 9.13 Å². The predicted molar refractivity (Wildman–Crippen MR) is 41.5 cm³/mol. The van der Waals surface area contributed by atoms with Crippen LogP contribution in [-0.4, -0.2) is 19.6 Å². The molecule has 0 radical (unpaired) electrons. The minimum Gasteiger partial charge on any atom is -0.300 e. The Morgan fingerprint density at radius 1 is 1.10 bits per heavy atom. The van der Waals surface area contributed by atoms with Crippen molar-refractivity contribution in [3.63, 3.8) is 0 Å². The lowest BCUT2D eigenvalue weighted by atomic mass is 10.8. The van der Waals surface area contributed by atoms with Gasteiger partial charge in [0, 0.05) is 13.3 Å². The first-order valence-electron chi connectivity index (χ1n) is 2.87. The van der Waals surface area contributed by atoms with E-state index in [0.717, 1.165) is 0 Å². The van der Waals surface area contributed by atoms with Crippen molar-refractivity contribution in [3.05, 3.63) is 0 Å². The van der Waals surface area contributed by atoms with E-state index >= 15 is 0 Å². The van der Waals surface area contributed by atoms with Crippen LogP contribution in [0.4, 0.5) is 0 Å². The summed E-state index contributed by atoms with van der Waals surface area (Å²) in [6.45, 7) is 4.48. The maximum Gasteiger partial charge on any atom is 0.190 e. The van der Waals surface area contributed by atoms with Crippen molar-refractivity contribution >= 4 is 16.1 Å². The molecule has 4 nitrogen and oxygen atoms in total. The quantitative estimate of drug-likeness (QED) is 0.494. The highest BCUT2D eigenvalue weighted by Crippen LogP contribution is 2.25. The average molecular weight is 186 g/mol. The summed E-state index contributed by atoms with van der Waals surface area (Å²) in [6.07, 6.45) is -0.618. The van der Waals surface area contributed by atoms with Crippen LogP contribution in [0.3, 0.4) is 0 Å². The van der Waals surface area contributed by atoms with Crippen molar-refractivity contribution in [2.45, 2.75) is 13.2 Å². The van der Waals surface area contributed by atoms with Crippen molar-refractivity contribution in [1.29, 1.82) is 0 Å². The largest absolute Gasteiger partial charge is 0.300 e. The fourth-order valence-electron chi connectivity index (χ4n) is 0.491. The summed E-state index contributed by atoms with van der Waals surface area (Å²) in [5.74, 6) is 0. The van der Waals surface area contributed by atoms with Gasteiger partial charge in [0.05, 0.1) is 0 Å². The Hall–Kier alpha value is 0.380. The van der Waals surface area contributed by atoms with Gasteiger partial charge in [0.2, 0.25) is 0 Å². The second kappa shape index (κ2) is 5.09. The molecule has 0 spiro atoms. The van der Waals surface area contributed by atoms with Gasteiger partial charge in [-0.3, -0.25) is 9.13 Å². The van der Waals surface area contributed by atoms with Crippen LogP contribution >= 0.6 is 16.1 Å². The van der Waals surface area contributed by atoms with E-state index in [-0.39, 0.29) is 0 Å². The number of rotatable bonds is 4. The molecule has 0 aliphatic heterocycles. The van der Waals surface area contributed by atoms with Crippen LogP contribution in [0.5, 0.6) is 0 Å². The summed E-state index contributed by atoms with van der Waals surface area (Å²) < 4.78 is 30.3. The van der Waals surface area contributed by atoms with Gasteiger partial charge in [0.15, 0.2) is 22.3 Å². The normalized spacial score (nSPS) is 19.9. The topological polar surface area (TPSA) is 52.6 Å². The zero-order chi connectivity index (χ0) is 8.15. The second-order valence-corrected chi connectivity index (χ2v) is 4.22. The lowest BCUT2D eigenvalue weighted by molar-refractivity contribution is 0.0385. The lowest BCUT2D eigenvalue weighted by Crippen LogP contribution is -2.02. The zero-order valence-corrected chi connectivity index (χ0v) is 8.21. The lowest BCUT2D eigenvalue weighted by Gasteiger charge is -2.08. The summed E-state index contributed by atoms with van der Waals surface area (Å²) >= 11 is 0. The van der Waals surface area contributed by atoms with Gasteiger partial charge in [0.1, 0.15) is 0 Å². The highest BCUT2D eigenvalue weighted by molar-refractivity contribution is 7.38. The number of hydrogen-bond donors (Lipinski definition) is 0. The van der Waals surface area contributed by atoms with Crippen LogP contribution in [0.1, 0.15) is 6.92 Å². The predicted octanol–water partition coefficient (Wildman–Crippen LogP) is 1.57. The number of hydrogen-bond acceptors (Lipinski definition) is 4. The van der Waals surface area contributed by atoms with Crippen molar-refractivity contribution in [1.82, 2.24) is 0 Å². The molecule has 0 fully saturated rings. The van der Waals surface area contributed by atoms with Crippen molar-refractivity contribution in [2.24, 2.45) is 0 Å². The Kier molecular flexibility index (Phi) is 5.28. The Morgan fingerprint density at radius 2 is 1.40 bits per heavy atom. The zero-order valence-electron chi connectivity index (χ0n) is 6.21. The Balaban J connectivity index is 3.53. The highest BCUT2D eigenvalue weighted by Gasteiger charge is 2.04. The molecule has 0 aliphatic rings. The van der Waals surface area contributed by atoms with Gasteiger partial charge in [-0.15, -0.1) is 0 Å². The van der Waals surface area contributed by atoms with Gasteiger partial charge < -0.3 is 9.05 Å². The van der Waals surface area contributed by atoms with Crippen LogP contribution in [0.15, 0.2) is 0 Å². The Labute approximate surface area is 61.6 Å². The summed E-state index contributed by atoms with van der Waals surface area (Å²) in [7, 11) is -3.95. The molecule has 0 aliphatic carbocycles. The second-order valence-electron chi connectivity index (χ2n) is 1.79. The molecule has 0 aromatic rings. The molecule has 62 valence electrons. The minimum atomic E-state index is -1.98. The maximum atomic E-state index is 10.4. The molecule has 0 saturated carbocycles. The third kappa shape index (κ3) is 6.50. The van der Waals surface area contributed by atoms with E-state index in [1.165, 1.54) is 13.3 Å². The third-order valence-corrected chi connectivity index (χ3v) is 1.99. The van der Waals surface area contributed by atoms with Gasteiger partial charge in [-0.1, -0.05) is 0 Å². The van der Waals surface area contributed by atoms with E-state index in [4.69, 9.17) is 9.05 Å². The standard InChI is InChI=1S/C4H12O4P2/c1-4(7-9(2)5)8-10(3)6/h4,9-10H,1-3H3. The smallest absolute Gasteiger partial charge is 0.190 e. The molecule has 6 heteroatoms. The fourth-order valence-corrected chi connectivity index (χ4v) is 1.62. The van der Waals surface area contributed by atoms with Crippen molar-refractivity contribution in [3.8, 4) is 0 Å². The van der Waals surface area contributed by atoms with Gasteiger partial charge in [-0.2, -0.15) is 0 Å². The molecule has 0 amide bonds. The van der Waals surface area contributed by atoms with Crippen molar-refractivity contribution < 1.29 is 18.2 Å². The SMILES string of the molecule is CC(O[PH](C)=O)O[PH](C)=O. The van der Waals surface area contributed by atoms with E-state index in [0.29, 0.717) is 0 Å². The monoisotopic (exact) mass is 186 g/mol. The van der Waals surface area contributed by atoms with Crippen LogP contribution in [-0.2, 0) is 18.2 Å². The molecule has 0 heterocycles. The molecule has 10 heavy (non-hydrogen) atoms. The van der Waals surface area contributed by atoms with Gasteiger partial charge in [-0.25, -0.2) is 0 Å². The van der Waals surface area contributed by atoms with E-state index in [1.54, 1.807) is 6.92 Å². The molecule has 0 saturated heterocycles. The molecule has 0 N–H and O–H groups in total. The van der Waals surface area contributed by atoms with Crippen LogP contribution in [0.2, 0.25) is 0 Å². The average Bonchev–Trinajstić information content (AvgIpc) is 1.58. The first kappa shape index (κ1) is 10.4. The molecule has 0 aromatic carbocycles. The molecular formula is C4H12O4P2. The molecule has 0 aromatic heterocycles. The van der Waals surface area contributed by atoms with Crippen LogP contribution in [0, 0.1) is 0 Å². The summed E-state index contributed by atoms with van der Waals surface area (Å²) in [4.78, 5) is 0. The van der Waals surface area contributed by atoms with Crippen LogP contribution in [0.25, 0.3) is 0 Å². The molecule has 2 unspecified atom stereocenters. The summed E-state index contributed by atoms with van der Waals surface area (Å²) in [5, 5.41) is 0. The molecule has 2 atom stereocenters. The third-order valence-electron chi connectivity index (χ3n) is 0.664. The minimum absolute atomic E-state index is 0.618. The highest BCUT2D eigenvalue weighted by atomic mass is 31.1. The first-order chi connectivity index (χ1) is 4.52. The fraction of sp³-hybridized carbons (Fsp3) is 1.00. The molecular weight excluding hydrogens is 174 g/mol. The van der Waals surface area contributed by atoms with Gasteiger partial charge in [-0.05, 0) is 6.92 Å². The van der Waals surface area contributed by atoms with Gasteiger partial charge >= 0.3 is 0 Å². The first-order valence-corrected chi connectivity index (χ1v) is 6.50. The summed E-state index contributed by atoms with van der Waals surface area (Å²) in [5.41, 5.74) is 0. The summed E-state index contributed by atoms with van der Waals surface area (Å²) in [6, 6.07) is 0. The maximum absolute atomic E-state index is 10.4. The molecule has 0 bridgehead atoms. The van der Waals surface area contributed by atoms with E-state index in [1.807, 2.05) is 0 Å². The van der Waals surface area contributed by atoms with E-state index in [2.05, 4.69) is 0 Å². The van der Waals surface area contributed by atoms with Gasteiger partial charge in [0.25, 0.3) is 0 Å². The molecule has 0 rings (SSSR count). The van der Waals surface area contributed by atoms with E-state index < -0.39 is 22.3 Å². The Morgan fingerprint density at radius 3 is 1.60 bits per heavy atom. The van der Waals surface area contributed by atoms with Crippen LogP contribution < -0.4 is 0 Å². The van der Waals surface area contributed by atoms with Crippen molar-refractivity contribution in [2.75, 3.05) is 13.3 Å².